The molecular formula is C23H34FN3O5S2. The van der Waals surface area contributed by atoms with Gasteiger partial charge in [0.05, 0.1) is 10.6 Å². The van der Waals surface area contributed by atoms with Crippen LogP contribution >= 0.6 is 11.8 Å². The van der Waals surface area contributed by atoms with Crippen molar-refractivity contribution < 1.29 is 27.4 Å². The second kappa shape index (κ2) is 11.3. The fourth-order valence-corrected chi connectivity index (χ4v) is 6.75. The number of hydrogen-bond acceptors (Lipinski definition) is 7. The molecule has 0 saturated heterocycles. The molecule has 190 valence electrons. The number of carboxylic acid groups (broad SMARTS) is 1. The van der Waals surface area contributed by atoms with Crippen molar-refractivity contribution in [3.05, 3.63) is 24.2 Å². The van der Waals surface area contributed by atoms with Gasteiger partial charge in [0.15, 0.2) is 0 Å². The average Bonchev–Trinajstić information content (AvgIpc) is 2.89. The highest BCUT2D eigenvalue weighted by Crippen LogP contribution is 2.43. The van der Waals surface area contributed by atoms with E-state index in [2.05, 4.69) is 11.8 Å². The van der Waals surface area contributed by atoms with Crippen LogP contribution < -0.4 is 15.4 Å². The van der Waals surface area contributed by atoms with E-state index in [0.717, 1.165) is 44.9 Å². The zero-order valence-electron chi connectivity index (χ0n) is 19.9. The zero-order valence-corrected chi connectivity index (χ0v) is 21.5. The fourth-order valence-electron chi connectivity index (χ4n) is 4.64. The number of nitrogens with two attached hydrogens (primary N) is 1. The lowest BCUT2D eigenvalue weighted by atomic mass is 9.90. The van der Waals surface area contributed by atoms with E-state index in [-0.39, 0.29) is 28.8 Å². The number of ether oxygens (including phenoxy) is 1. The van der Waals surface area contributed by atoms with Crippen LogP contribution in [0.1, 0.15) is 51.9 Å². The number of nitrogens with zero attached hydrogens (tertiary/aromatic N) is 2. The van der Waals surface area contributed by atoms with Crippen LogP contribution in [0.25, 0.3) is 0 Å². The number of hydrogen-bond donors (Lipinski definition) is 2. The highest BCUT2D eigenvalue weighted by Gasteiger charge is 2.39. The molecule has 3 N–H and O–H groups in total. The Bertz CT molecular complexity index is 1030. The molecule has 1 aliphatic heterocycles. The van der Waals surface area contributed by atoms with Crippen LogP contribution in [0.3, 0.4) is 0 Å². The van der Waals surface area contributed by atoms with Crippen molar-refractivity contribution in [3.8, 4) is 5.75 Å². The summed E-state index contributed by atoms with van der Waals surface area (Å²) in [6.07, 6.45) is 8.43. The maximum absolute atomic E-state index is 13.7. The first-order valence-corrected chi connectivity index (χ1v) is 14.2. The van der Waals surface area contributed by atoms with Crippen LogP contribution in [0.4, 0.5) is 10.1 Å². The second-order valence-electron chi connectivity index (χ2n) is 8.90. The number of aliphatic carboxylic acids is 1. The highest BCUT2D eigenvalue weighted by atomic mass is 32.2. The number of likely N-dealkylation sites (N-methyl/N-ethyl adjacent to an activating group) is 1. The third-order valence-electron chi connectivity index (χ3n) is 6.70. The van der Waals surface area contributed by atoms with Gasteiger partial charge in [0.2, 0.25) is 15.9 Å². The molecule has 0 spiro atoms. The molecule has 0 amide bonds. The van der Waals surface area contributed by atoms with E-state index in [0.29, 0.717) is 23.4 Å². The Kier molecular flexibility index (Phi) is 8.88. The Balaban J connectivity index is 2.13. The summed E-state index contributed by atoms with van der Waals surface area (Å²) in [4.78, 5) is 13.7. The Morgan fingerprint density at radius 1 is 1.32 bits per heavy atom. The summed E-state index contributed by atoms with van der Waals surface area (Å²) in [7, 11) is -2.27. The van der Waals surface area contributed by atoms with Gasteiger partial charge in [0.1, 0.15) is 16.9 Å². The lowest BCUT2D eigenvalue weighted by molar-refractivity contribution is -0.134. The van der Waals surface area contributed by atoms with Gasteiger partial charge >= 0.3 is 5.97 Å². The predicted molar refractivity (Wildman–Crippen MR) is 132 cm³/mol. The summed E-state index contributed by atoms with van der Waals surface area (Å²) in [6.45, 7) is 2.66. The average molecular weight is 516 g/mol. The van der Waals surface area contributed by atoms with E-state index in [9.17, 15) is 17.6 Å². The predicted octanol–water partition coefficient (Wildman–Crippen LogP) is 3.95. The van der Waals surface area contributed by atoms with E-state index in [1.54, 1.807) is 19.4 Å². The molecule has 1 aromatic rings. The zero-order chi connectivity index (χ0) is 25.0. The van der Waals surface area contributed by atoms with E-state index in [1.165, 1.54) is 22.1 Å². The summed E-state index contributed by atoms with van der Waals surface area (Å²) in [5.41, 5.74) is 6.74. The quantitative estimate of drug-likeness (QED) is 0.304. The molecule has 8 nitrogen and oxygen atoms in total. The van der Waals surface area contributed by atoms with Crippen LogP contribution in [-0.4, -0.2) is 61.8 Å². The molecule has 11 heteroatoms. The minimum atomic E-state index is -3.87. The molecule has 1 fully saturated rings. The highest BCUT2D eigenvalue weighted by molar-refractivity contribution is 7.98. The molecule has 1 unspecified atom stereocenters. The van der Waals surface area contributed by atoms with Gasteiger partial charge in [-0.1, -0.05) is 19.8 Å². The minimum absolute atomic E-state index is 0.0841. The molecule has 0 bridgehead atoms. The molecule has 0 aromatic heterocycles. The van der Waals surface area contributed by atoms with Crippen molar-refractivity contribution in [2.24, 2.45) is 5.73 Å². The monoisotopic (exact) mass is 515 g/mol. The second-order valence-corrected chi connectivity index (χ2v) is 11.7. The number of halogens is 1. The Morgan fingerprint density at radius 3 is 2.59 bits per heavy atom. The number of benzene rings is 1. The van der Waals surface area contributed by atoms with E-state index in [1.807, 2.05) is 0 Å². The molecule has 1 heterocycles. The summed E-state index contributed by atoms with van der Waals surface area (Å²) in [5.74, 6) is -3.13. The normalized spacial score (nSPS) is 25.5. The van der Waals surface area contributed by atoms with Crippen molar-refractivity contribution >= 4 is 33.4 Å². The number of sulfonamides is 1. The number of carbonyl (C=O) groups is 1. The first-order valence-electron chi connectivity index (χ1n) is 11.6. The van der Waals surface area contributed by atoms with Crippen LogP contribution in [0.5, 0.6) is 5.75 Å². The topological polar surface area (TPSA) is 113 Å². The molecule has 2 aliphatic rings. The van der Waals surface area contributed by atoms with Gasteiger partial charge in [0, 0.05) is 37.8 Å². The van der Waals surface area contributed by atoms with Gasteiger partial charge in [0.25, 0.3) is 0 Å². The van der Waals surface area contributed by atoms with Crippen LogP contribution in [-0.2, 0) is 14.8 Å². The van der Waals surface area contributed by atoms with Gasteiger partial charge in [-0.25, -0.2) is 13.2 Å². The summed E-state index contributed by atoms with van der Waals surface area (Å²) < 4.78 is 47.7. The van der Waals surface area contributed by atoms with Gasteiger partial charge in [-0.2, -0.15) is 8.70 Å². The van der Waals surface area contributed by atoms with Gasteiger partial charge < -0.3 is 20.5 Å². The smallest absolute Gasteiger partial charge is 0.368 e. The number of rotatable bonds is 8. The molecule has 1 atom stereocenters. The van der Waals surface area contributed by atoms with Gasteiger partial charge in [-0.05, 0) is 44.4 Å². The molecule has 0 radical (unpaired) electrons. The van der Waals surface area contributed by atoms with Crippen molar-refractivity contribution in [2.45, 2.75) is 79.8 Å². The Hall–Kier alpha value is -1.82. The maximum Gasteiger partial charge on any atom is 0.368 e. The maximum atomic E-state index is 13.7. The summed E-state index contributed by atoms with van der Waals surface area (Å²) >= 11 is 1.32. The number of fused-ring (bicyclic) bond motifs is 1. The van der Waals surface area contributed by atoms with Crippen molar-refractivity contribution in [1.82, 2.24) is 4.31 Å². The minimum Gasteiger partial charge on any atom is -0.476 e. The van der Waals surface area contributed by atoms with Crippen molar-refractivity contribution in [1.29, 1.82) is 0 Å². The van der Waals surface area contributed by atoms with Crippen LogP contribution in [0.2, 0.25) is 0 Å². The molecular weight excluding hydrogens is 481 g/mol. The van der Waals surface area contributed by atoms with E-state index >= 15 is 0 Å². The summed E-state index contributed by atoms with van der Waals surface area (Å²) in [5, 5.41) is 8.78. The van der Waals surface area contributed by atoms with Crippen LogP contribution in [0.15, 0.2) is 34.0 Å². The number of carboxylic acids is 1. The lowest BCUT2D eigenvalue weighted by Gasteiger charge is -2.39. The number of anilines is 1. The van der Waals surface area contributed by atoms with Gasteiger partial charge in [-0.15, -0.1) is 11.8 Å². The third kappa shape index (κ3) is 5.69. The SMILES string of the molecule is CCCCC1CN(C2CCC(N)CC2)c2cc(SC)c(O/C=C(\F)C(=O)O)cc2S(=O)(=O)N1C. The molecule has 3 rings (SSSR count). The molecule has 1 saturated carbocycles. The van der Waals surface area contributed by atoms with E-state index in [4.69, 9.17) is 15.6 Å². The first kappa shape index (κ1) is 26.8. The lowest BCUT2D eigenvalue weighted by Crippen LogP contribution is -2.47. The molecule has 34 heavy (non-hydrogen) atoms. The number of thioether (sulfide) groups is 1. The van der Waals surface area contributed by atoms with Gasteiger partial charge in [-0.3, -0.25) is 0 Å². The summed E-state index contributed by atoms with van der Waals surface area (Å²) in [6, 6.07) is 3.29. The van der Waals surface area contributed by atoms with Crippen molar-refractivity contribution in [3.63, 3.8) is 0 Å². The third-order valence-corrected chi connectivity index (χ3v) is 9.40. The largest absolute Gasteiger partial charge is 0.476 e. The molecule has 1 aromatic carbocycles. The molecule has 1 aliphatic carbocycles. The number of unbranched alkanes of at least 4 members (excludes halogenated alkanes) is 1. The Morgan fingerprint density at radius 2 is 2.00 bits per heavy atom. The Labute approximate surface area is 205 Å². The van der Waals surface area contributed by atoms with E-state index < -0.39 is 21.8 Å². The fraction of sp³-hybridized carbons (Fsp3) is 0.609. The first-order chi connectivity index (χ1) is 16.1. The van der Waals surface area contributed by atoms with Crippen molar-refractivity contribution in [2.75, 3.05) is 24.7 Å². The standard InChI is InChI=1S/C23H34FN3O5S2/c1-4-5-6-17-13-27(16-9-7-15(25)8-10-16)19-11-21(33-3)20(32-14-18(24)23(28)29)12-22(19)34(30,31)26(17)2/h11-12,14-17H,4-10,13,25H2,1-3H3,(H,28,29)/b18-14-. The van der Waals surface area contributed by atoms with Crippen LogP contribution in [0, 0.1) is 0 Å².